The molecule has 0 aliphatic heterocycles. The van der Waals surface area contributed by atoms with Crippen molar-refractivity contribution in [2.45, 2.75) is 4.90 Å². The molecule has 1 atom stereocenters. The largest absolute Gasteiger partial charge is 1.00 e. The van der Waals surface area contributed by atoms with E-state index in [0.29, 0.717) is 5.56 Å². The van der Waals surface area contributed by atoms with Crippen molar-refractivity contribution >= 4 is 11.1 Å². The molecule has 0 amide bonds. The first kappa shape index (κ1) is 12.5. The second-order valence-corrected chi connectivity index (χ2v) is 2.84. The summed E-state index contributed by atoms with van der Waals surface area (Å²) < 4.78 is 20.7. The fourth-order valence-electron chi connectivity index (χ4n) is 0.662. The van der Waals surface area contributed by atoms with Gasteiger partial charge in [0, 0.05) is 10.5 Å². The maximum atomic E-state index is 10.3. The second kappa shape index (κ2) is 6.05. The number of hydrogen-bond acceptors (Lipinski definition) is 2. The van der Waals surface area contributed by atoms with Gasteiger partial charge in [-0.15, -0.1) is 6.42 Å². The molecule has 0 radical (unpaired) electrons. The molecule has 0 spiro atoms. The smallest absolute Gasteiger partial charge is 0.768 e. The fourth-order valence-corrected chi connectivity index (χ4v) is 1.02. The minimum atomic E-state index is -2.16. The maximum absolute atomic E-state index is 10.3. The molecule has 56 valence electrons. The third-order valence-corrected chi connectivity index (χ3v) is 1.87. The monoisotopic (exact) mass is 204 g/mol. The van der Waals surface area contributed by atoms with E-state index in [0.717, 1.165) is 0 Å². The van der Waals surface area contributed by atoms with E-state index in [-0.39, 0.29) is 56.3 Å². The molecule has 4 heteroatoms. The zero-order valence-corrected chi connectivity index (χ0v) is 10.6. The molecule has 0 heterocycles. The summed E-state index contributed by atoms with van der Waals surface area (Å²) in [7, 11) is 0. The Balaban J connectivity index is 0.00000121. The summed E-state index contributed by atoms with van der Waals surface area (Å²) in [4.78, 5) is 0.254. The normalized spacial score (nSPS) is 11.0. The summed E-state index contributed by atoms with van der Waals surface area (Å²) >= 11 is -2.16. The van der Waals surface area contributed by atoms with Crippen molar-refractivity contribution in [1.29, 1.82) is 0 Å². The molecule has 1 rings (SSSR count). The molecule has 0 bridgehead atoms. The van der Waals surface area contributed by atoms with Gasteiger partial charge in [-0.2, -0.15) is 0 Å². The first-order chi connectivity index (χ1) is 5.24. The Morgan fingerprint density at radius 1 is 1.33 bits per heavy atom. The summed E-state index contributed by atoms with van der Waals surface area (Å²) in [5.74, 6) is 2.39. The molecule has 2 nitrogen and oxygen atoms in total. The van der Waals surface area contributed by atoms with Gasteiger partial charge in [-0.05, 0) is 35.3 Å². The van der Waals surface area contributed by atoms with Gasteiger partial charge >= 0.3 is 51.4 Å². The van der Waals surface area contributed by atoms with Crippen LogP contribution in [-0.2, 0) is 11.1 Å². The van der Waals surface area contributed by atoms with Gasteiger partial charge in [0.15, 0.2) is 0 Å². The van der Waals surface area contributed by atoms with E-state index < -0.39 is 11.1 Å². The van der Waals surface area contributed by atoms with E-state index in [1.54, 1.807) is 12.1 Å². The first-order valence-electron chi connectivity index (χ1n) is 2.90. The van der Waals surface area contributed by atoms with Crippen molar-refractivity contribution in [3.63, 3.8) is 0 Å². The van der Waals surface area contributed by atoms with Crippen LogP contribution in [0, 0.1) is 12.3 Å². The number of rotatable bonds is 1. The van der Waals surface area contributed by atoms with Gasteiger partial charge in [-0.25, -0.2) is 0 Å². The predicted molar refractivity (Wildman–Crippen MR) is 41.6 cm³/mol. The van der Waals surface area contributed by atoms with Crippen molar-refractivity contribution in [2.75, 3.05) is 0 Å². The van der Waals surface area contributed by atoms with Crippen LogP contribution in [0.25, 0.3) is 0 Å². The Labute approximate surface area is 116 Å². The van der Waals surface area contributed by atoms with Crippen molar-refractivity contribution in [2.24, 2.45) is 0 Å². The molecule has 1 aromatic rings. The van der Waals surface area contributed by atoms with Crippen molar-refractivity contribution in [3.05, 3.63) is 29.8 Å². The van der Waals surface area contributed by atoms with Crippen LogP contribution in [0.5, 0.6) is 0 Å². The zero-order chi connectivity index (χ0) is 8.27. The van der Waals surface area contributed by atoms with Crippen LogP contribution in [-0.4, -0.2) is 8.76 Å². The van der Waals surface area contributed by atoms with Crippen LogP contribution in [0.4, 0.5) is 0 Å². The molecule has 0 aliphatic carbocycles. The summed E-state index contributed by atoms with van der Waals surface area (Å²) in [6.07, 6.45) is 5.07. The van der Waals surface area contributed by atoms with E-state index in [1.807, 2.05) is 0 Å². The number of benzene rings is 1. The van der Waals surface area contributed by atoms with E-state index in [1.165, 1.54) is 12.1 Å². The quantitative estimate of drug-likeness (QED) is 0.299. The van der Waals surface area contributed by atoms with Gasteiger partial charge in [-0.3, -0.25) is 4.21 Å². The van der Waals surface area contributed by atoms with Crippen LogP contribution in [0.3, 0.4) is 0 Å². The minimum absolute atomic E-state index is 0. The standard InChI is InChI=1S/C8H6O2S.K/c1-2-7-3-5-8(6-4-7)11(9)10;/h1,3-6H,(H,9,10);/q;+1/p-1. The summed E-state index contributed by atoms with van der Waals surface area (Å²) in [6.45, 7) is 0. The second-order valence-electron chi connectivity index (χ2n) is 1.90. The van der Waals surface area contributed by atoms with Crippen molar-refractivity contribution < 1.29 is 60.1 Å². The first-order valence-corrected chi connectivity index (χ1v) is 3.97. The third kappa shape index (κ3) is 3.50. The van der Waals surface area contributed by atoms with Gasteiger partial charge in [0.2, 0.25) is 0 Å². The molecular formula is C8H5KO2S. The zero-order valence-electron chi connectivity index (χ0n) is 6.61. The third-order valence-electron chi connectivity index (χ3n) is 1.21. The fraction of sp³-hybridized carbons (Fsp3) is 0. The maximum Gasteiger partial charge on any atom is 1.00 e. The SMILES string of the molecule is C#Cc1ccc(S(=O)[O-])cc1.[K+]. The van der Waals surface area contributed by atoms with Crippen LogP contribution in [0.1, 0.15) is 5.56 Å². The minimum Gasteiger partial charge on any atom is -0.768 e. The number of hydrogen-bond donors (Lipinski definition) is 0. The van der Waals surface area contributed by atoms with E-state index in [2.05, 4.69) is 5.92 Å². The van der Waals surface area contributed by atoms with E-state index >= 15 is 0 Å². The van der Waals surface area contributed by atoms with Crippen LogP contribution in [0.2, 0.25) is 0 Å². The Kier molecular flexibility index (Phi) is 6.32. The van der Waals surface area contributed by atoms with E-state index in [4.69, 9.17) is 6.42 Å². The van der Waals surface area contributed by atoms with Crippen molar-refractivity contribution in [1.82, 2.24) is 0 Å². The average molecular weight is 204 g/mol. The van der Waals surface area contributed by atoms with E-state index in [9.17, 15) is 8.76 Å². The molecule has 0 saturated carbocycles. The molecule has 0 fully saturated rings. The van der Waals surface area contributed by atoms with Gasteiger partial charge in [0.05, 0.1) is 0 Å². The van der Waals surface area contributed by atoms with Crippen LogP contribution < -0.4 is 51.4 Å². The molecule has 0 saturated heterocycles. The van der Waals surface area contributed by atoms with Crippen LogP contribution in [0.15, 0.2) is 29.2 Å². The average Bonchev–Trinajstić information content (AvgIpc) is 2.05. The van der Waals surface area contributed by atoms with Gasteiger partial charge in [0.25, 0.3) is 0 Å². The molecular weight excluding hydrogens is 199 g/mol. The van der Waals surface area contributed by atoms with Gasteiger partial charge < -0.3 is 4.55 Å². The molecule has 1 unspecified atom stereocenters. The predicted octanol–water partition coefficient (Wildman–Crippen LogP) is -2.09. The van der Waals surface area contributed by atoms with Crippen molar-refractivity contribution in [3.8, 4) is 12.3 Å². The summed E-state index contributed by atoms with van der Waals surface area (Å²) in [6, 6.07) is 6.12. The Morgan fingerprint density at radius 2 is 1.83 bits per heavy atom. The Bertz CT molecular complexity index is 313. The molecule has 12 heavy (non-hydrogen) atoms. The summed E-state index contributed by atoms with van der Waals surface area (Å²) in [5, 5.41) is 0. The van der Waals surface area contributed by atoms with Gasteiger partial charge in [-0.1, -0.05) is 5.92 Å². The van der Waals surface area contributed by atoms with Gasteiger partial charge in [0.1, 0.15) is 0 Å². The molecule has 0 aliphatic rings. The molecule has 0 N–H and O–H groups in total. The van der Waals surface area contributed by atoms with Crippen LogP contribution >= 0.6 is 0 Å². The molecule has 0 aromatic heterocycles. The summed E-state index contributed by atoms with van der Waals surface area (Å²) in [5.41, 5.74) is 0.680. The topological polar surface area (TPSA) is 40.1 Å². The Morgan fingerprint density at radius 3 is 2.17 bits per heavy atom. The Hall–Kier alpha value is 0.526. The number of terminal acetylenes is 1. The molecule has 1 aromatic carbocycles.